The van der Waals surface area contributed by atoms with Crippen LogP contribution in [0.3, 0.4) is 0 Å². The third-order valence-electron chi connectivity index (χ3n) is 1.32. The van der Waals surface area contributed by atoms with Crippen LogP contribution in [0.1, 0.15) is 0 Å². The van der Waals surface area contributed by atoms with Gasteiger partial charge in [0, 0.05) is 4.90 Å². The van der Waals surface area contributed by atoms with Gasteiger partial charge in [0.05, 0.1) is 5.69 Å². The molecular weight excluding hydrogens is 149 g/mol. The number of benzene rings is 1. The van der Waals surface area contributed by atoms with Crippen molar-refractivity contribution < 1.29 is 4.39 Å². The van der Waals surface area contributed by atoms with E-state index in [9.17, 15) is 4.39 Å². The number of hydrogen-bond acceptors (Lipinski definition) is 2. The van der Waals surface area contributed by atoms with Crippen molar-refractivity contribution in [3.05, 3.63) is 29.9 Å². The van der Waals surface area contributed by atoms with Gasteiger partial charge in [0.1, 0.15) is 0 Å². The lowest BCUT2D eigenvalue weighted by Crippen LogP contribution is -1.90. The number of rotatable bonds is 0. The SMILES string of the molecule is F[C]1Nc2ccccc2S1. The number of thioether (sulfide) groups is 1. The monoisotopic (exact) mass is 154 g/mol. The highest BCUT2D eigenvalue weighted by Crippen LogP contribution is 2.42. The van der Waals surface area contributed by atoms with Gasteiger partial charge < -0.3 is 5.32 Å². The Balaban J connectivity index is 2.42. The Morgan fingerprint density at radius 3 is 2.90 bits per heavy atom. The van der Waals surface area contributed by atoms with Crippen LogP contribution in [0.25, 0.3) is 0 Å². The molecule has 0 amide bonds. The molecular formula is C7H5FNS. The van der Waals surface area contributed by atoms with Crippen LogP contribution in [-0.2, 0) is 0 Å². The second kappa shape index (κ2) is 2.16. The van der Waals surface area contributed by atoms with Crippen LogP contribution >= 0.6 is 11.8 Å². The Hall–Kier alpha value is -0.700. The fraction of sp³-hybridized carbons (Fsp3) is 0. The summed E-state index contributed by atoms with van der Waals surface area (Å²) >= 11 is 1.13. The summed E-state index contributed by atoms with van der Waals surface area (Å²) < 4.78 is 12.5. The maximum atomic E-state index is 12.5. The van der Waals surface area contributed by atoms with Crippen molar-refractivity contribution in [3.8, 4) is 0 Å². The van der Waals surface area contributed by atoms with Crippen LogP contribution in [0.2, 0.25) is 0 Å². The van der Waals surface area contributed by atoms with Crippen LogP contribution in [0, 0.1) is 5.63 Å². The van der Waals surface area contributed by atoms with Crippen LogP contribution in [0.5, 0.6) is 0 Å². The first-order valence-corrected chi connectivity index (χ1v) is 3.74. The predicted octanol–water partition coefficient (Wildman–Crippen LogP) is 2.62. The lowest BCUT2D eigenvalue weighted by molar-refractivity contribution is 0.610. The number of fused-ring (bicyclic) bond motifs is 1. The number of hydrogen-bond donors (Lipinski definition) is 1. The second-order valence-corrected chi connectivity index (χ2v) is 3.00. The van der Waals surface area contributed by atoms with E-state index in [-0.39, 0.29) is 5.63 Å². The van der Waals surface area contributed by atoms with Gasteiger partial charge in [0.25, 0.3) is 5.63 Å². The van der Waals surface area contributed by atoms with E-state index in [0.717, 1.165) is 22.3 Å². The summed E-state index contributed by atoms with van der Waals surface area (Å²) in [6.45, 7) is 0. The molecule has 1 aliphatic heterocycles. The highest BCUT2D eigenvalue weighted by Gasteiger charge is 2.20. The maximum Gasteiger partial charge on any atom is 0.295 e. The molecule has 1 nitrogen and oxygen atoms in total. The zero-order chi connectivity index (χ0) is 6.97. The predicted molar refractivity (Wildman–Crippen MR) is 40.3 cm³/mol. The summed E-state index contributed by atoms with van der Waals surface area (Å²) in [5.74, 6) is 0. The van der Waals surface area contributed by atoms with Crippen LogP contribution in [0.4, 0.5) is 10.1 Å². The molecule has 0 bridgehead atoms. The quantitative estimate of drug-likeness (QED) is 0.576. The highest BCUT2D eigenvalue weighted by atomic mass is 32.2. The third-order valence-corrected chi connectivity index (χ3v) is 2.18. The normalized spacial score (nSPS) is 16.5. The molecule has 0 aromatic heterocycles. The van der Waals surface area contributed by atoms with Crippen molar-refractivity contribution in [2.75, 3.05) is 5.32 Å². The molecule has 0 unspecified atom stereocenters. The van der Waals surface area contributed by atoms with E-state index in [1.165, 1.54) is 0 Å². The van der Waals surface area contributed by atoms with Crippen molar-refractivity contribution in [1.82, 2.24) is 0 Å². The third kappa shape index (κ3) is 0.865. The zero-order valence-corrected chi connectivity index (χ0v) is 5.91. The Morgan fingerprint density at radius 2 is 2.10 bits per heavy atom. The Morgan fingerprint density at radius 1 is 1.30 bits per heavy atom. The van der Waals surface area contributed by atoms with Gasteiger partial charge in [-0.05, 0) is 12.1 Å². The Bertz CT molecular complexity index is 226. The van der Waals surface area contributed by atoms with Gasteiger partial charge in [-0.25, -0.2) is 4.39 Å². The maximum absolute atomic E-state index is 12.5. The lowest BCUT2D eigenvalue weighted by atomic mass is 10.3. The number of para-hydroxylation sites is 1. The summed E-state index contributed by atoms with van der Waals surface area (Å²) in [4.78, 5) is 0.958. The molecule has 51 valence electrons. The van der Waals surface area contributed by atoms with E-state index >= 15 is 0 Å². The molecule has 1 aliphatic rings. The van der Waals surface area contributed by atoms with Gasteiger partial charge in [-0.2, -0.15) is 0 Å². The summed E-state index contributed by atoms with van der Waals surface area (Å²) in [6, 6.07) is 7.52. The molecule has 1 radical (unpaired) electrons. The standard InChI is InChI=1S/C7H5FNS/c8-7-9-5-3-1-2-4-6(5)10-7/h1-4,9H. The molecule has 10 heavy (non-hydrogen) atoms. The van der Waals surface area contributed by atoms with Crippen LogP contribution in [0.15, 0.2) is 29.2 Å². The molecule has 3 heteroatoms. The van der Waals surface area contributed by atoms with Crippen molar-refractivity contribution in [2.45, 2.75) is 4.90 Å². The number of nitrogens with one attached hydrogen (secondary N) is 1. The van der Waals surface area contributed by atoms with Gasteiger partial charge in [-0.3, -0.25) is 0 Å². The molecule has 1 aromatic carbocycles. The minimum Gasteiger partial charge on any atom is -0.339 e. The van der Waals surface area contributed by atoms with E-state index in [0.29, 0.717) is 0 Å². The molecule has 1 aromatic rings. The Kier molecular flexibility index (Phi) is 1.31. The number of halogens is 1. The van der Waals surface area contributed by atoms with Crippen LogP contribution in [-0.4, -0.2) is 0 Å². The Labute approximate surface area is 62.6 Å². The first-order chi connectivity index (χ1) is 4.86. The summed E-state index contributed by atoms with van der Waals surface area (Å²) in [5, 5.41) is 2.61. The van der Waals surface area contributed by atoms with Crippen LogP contribution < -0.4 is 5.32 Å². The van der Waals surface area contributed by atoms with E-state index in [1.807, 2.05) is 24.3 Å². The molecule has 0 spiro atoms. The molecule has 2 rings (SSSR count). The smallest absolute Gasteiger partial charge is 0.295 e. The number of anilines is 1. The van der Waals surface area contributed by atoms with E-state index in [2.05, 4.69) is 5.32 Å². The van der Waals surface area contributed by atoms with Gasteiger partial charge in [0.15, 0.2) is 0 Å². The average molecular weight is 154 g/mol. The van der Waals surface area contributed by atoms with Gasteiger partial charge >= 0.3 is 0 Å². The lowest BCUT2D eigenvalue weighted by Gasteiger charge is -1.93. The van der Waals surface area contributed by atoms with Gasteiger partial charge in [0.2, 0.25) is 0 Å². The summed E-state index contributed by atoms with van der Waals surface area (Å²) in [7, 11) is 0. The minimum atomic E-state index is -0.235. The molecule has 0 aliphatic carbocycles. The zero-order valence-electron chi connectivity index (χ0n) is 5.10. The average Bonchev–Trinajstić information content (AvgIpc) is 2.27. The fourth-order valence-corrected chi connectivity index (χ4v) is 1.62. The van der Waals surface area contributed by atoms with Crippen molar-refractivity contribution in [3.63, 3.8) is 0 Å². The second-order valence-electron chi connectivity index (χ2n) is 2.00. The topological polar surface area (TPSA) is 12.0 Å². The van der Waals surface area contributed by atoms with Crippen molar-refractivity contribution >= 4 is 17.4 Å². The first-order valence-electron chi connectivity index (χ1n) is 2.92. The molecule has 1 N–H and O–H groups in total. The van der Waals surface area contributed by atoms with Crippen molar-refractivity contribution in [2.24, 2.45) is 0 Å². The molecule has 0 saturated heterocycles. The van der Waals surface area contributed by atoms with Gasteiger partial charge in [-0.1, -0.05) is 23.9 Å². The van der Waals surface area contributed by atoms with E-state index < -0.39 is 0 Å². The molecule has 1 heterocycles. The van der Waals surface area contributed by atoms with Crippen molar-refractivity contribution in [1.29, 1.82) is 0 Å². The molecule has 0 atom stereocenters. The largest absolute Gasteiger partial charge is 0.339 e. The minimum absolute atomic E-state index is 0.235. The summed E-state index contributed by atoms with van der Waals surface area (Å²) in [6.07, 6.45) is 0. The molecule has 0 fully saturated rings. The van der Waals surface area contributed by atoms with E-state index in [1.54, 1.807) is 0 Å². The first kappa shape index (κ1) is 6.04. The highest BCUT2D eigenvalue weighted by molar-refractivity contribution is 8.02. The summed E-state index contributed by atoms with van der Waals surface area (Å²) in [5.41, 5.74) is 0.631. The van der Waals surface area contributed by atoms with Gasteiger partial charge in [-0.15, -0.1) is 0 Å². The fourth-order valence-electron chi connectivity index (χ4n) is 0.887. The molecule has 0 saturated carbocycles. The van der Waals surface area contributed by atoms with E-state index in [4.69, 9.17) is 0 Å².